The average Bonchev–Trinajstić information content (AvgIpc) is 3.12. The Morgan fingerprint density at radius 1 is 1.12 bits per heavy atom. The molecule has 5 nitrogen and oxygen atoms in total. The monoisotopic (exact) mass is 401 g/mol. The van der Waals surface area contributed by atoms with E-state index in [9.17, 15) is 0 Å². The second-order valence-corrected chi connectivity index (χ2v) is 6.45. The molecule has 0 fully saturated rings. The molecule has 0 aliphatic heterocycles. The van der Waals surface area contributed by atoms with Crippen molar-refractivity contribution in [3.05, 3.63) is 64.5 Å². The van der Waals surface area contributed by atoms with Gasteiger partial charge in [-0.25, -0.2) is 0 Å². The maximum absolute atomic E-state index is 5.78. The van der Waals surface area contributed by atoms with Crippen molar-refractivity contribution in [2.75, 3.05) is 7.11 Å². The lowest BCUT2D eigenvalue weighted by atomic mass is 10.0. The van der Waals surface area contributed by atoms with E-state index in [0.717, 1.165) is 22.2 Å². The Labute approximate surface area is 155 Å². The largest absolute Gasteiger partial charge is 0.497 e. The lowest BCUT2D eigenvalue weighted by Gasteiger charge is -2.16. The fourth-order valence-corrected chi connectivity index (χ4v) is 3.07. The zero-order chi connectivity index (χ0) is 17.6. The van der Waals surface area contributed by atoms with E-state index < -0.39 is 0 Å². The SMILES string of the molecule is CCC(NCc1nnc(-c2ccccc2Br)o1)c1ccc(OC)cc1. The molecule has 0 bridgehead atoms. The molecule has 25 heavy (non-hydrogen) atoms. The summed E-state index contributed by atoms with van der Waals surface area (Å²) in [6, 6.07) is 16.1. The fraction of sp³-hybridized carbons (Fsp3) is 0.263. The standard InChI is InChI=1S/C19H20BrN3O2/c1-3-17(13-8-10-14(24-2)11-9-13)21-12-18-22-23-19(25-18)15-6-4-5-7-16(15)20/h4-11,17,21H,3,12H2,1-2H3. The van der Waals surface area contributed by atoms with Gasteiger partial charge in [0.1, 0.15) is 5.75 Å². The Kier molecular flexibility index (Phi) is 5.83. The number of hydrogen-bond acceptors (Lipinski definition) is 5. The summed E-state index contributed by atoms with van der Waals surface area (Å²) in [5, 5.41) is 11.8. The molecule has 130 valence electrons. The van der Waals surface area contributed by atoms with Crippen LogP contribution in [0, 0.1) is 0 Å². The Balaban J connectivity index is 1.67. The van der Waals surface area contributed by atoms with Crippen LogP contribution in [0.3, 0.4) is 0 Å². The molecule has 1 heterocycles. The van der Waals surface area contributed by atoms with Gasteiger partial charge in [-0.1, -0.05) is 31.2 Å². The van der Waals surface area contributed by atoms with Crippen LogP contribution in [0.25, 0.3) is 11.5 Å². The third-order valence-corrected chi connectivity index (χ3v) is 4.69. The van der Waals surface area contributed by atoms with E-state index in [4.69, 9.17) is 9.15 Å². The number of hydrogen-bond donors (Lipinski definition) is 1. The minimum atomic E-state index is 0.213. The molecule has 2 aromatic carbocycles. The van der Waals surface area contributed by atoms with Crippen molar-refractivity contribution in [1.29, 1.82) is 0 Å². The van der Waals surface area contributed by atoms with Crippen LogP contribution in [0.2, 0.25) is 0 Å². The summed E-state index contributed by atoms with van der Waals surface area (Å²) in [4.78, 5) is 0. The molecule has 0 amide bonds. The first-order chi connectivity index (χ1) is 12.2. The molecule has 0 saturated carbocycles. The minimum absolute atomic E-state index is 0.213. The van der Waals surface area contributed by atoms with Gasteiger partial charge in [-0.2, -0.15) is 0 Å². The Bertz CT molecular complexity index is 818. The van der Waals surface area contributed by atoms with Gasteiger partial charge in [0.05, 0.1) is 19.2 Å². The average molecular weight is 402 g/mol. The van der Waals surface area contributed by atoms with Crippen LogP contribution in [0.4, 0.5) is 0 Å². The highest BCUT2D eigenvalue weighted by Gasteiger charge is 2.14. The van der Waals surface area contributed by atoms with Crippen molar-refractivity contribution in [2.45, 2.75) is 25.9 Å². The number of ether oxygens (including phenoxy) is 1. The number of halogens is 1. The Hall–Kier alpha value is -2.18. The molecule has 0 saturated heterocycles. The number of nitrogens with zero attached hydrogens (tertiary/aromatic N) is 2. The first kappa shape index (κ1) is 17.6. The molecule has 0 aliphatic rings. The van der Waals surface area contributed by atoms with Crippen LogP contribution < -0.4 is 10.1 Å². The summed E-state index contributed by atoms with van der Waals surface area (Å²) in [7, 11) is 1.67. The zero-order valence-corrected chi connectivity index (χ0v) is 15.8. The molecule has 1 aromatic heterocycles. The smallest absolute Gasteiger partial charge is 0.248 e. The van der Waals surface area contributed by atoms with Gasteiger partial charge in [0.15, 0.2) is 0 Å². The second-order valence-electron chi connectivity index (χ2n) is 5.60. The molecule has 1 unspecified atom stereocenters. The zero-order valence-electron chi connectivity index (χ0n) is 14.2. The van der Waals surface area contributed by atoms with Crippen molar-refractivity contribution >= 4 is 15.9 Å². The lowest BCUT2D eigenvalue weighted by Crippen LogP contribution is -2.20. The second kappa shape index (κ2) is 8.27. The lowest BCUT2D eigenvalue weighted by molar-refractivity contribution is 0.413. The molecule has 1 atom stereocenters. The van der Waals surface area contributed by atoms with Crippen LogP contribution in [0.15, 0.2) is 57.4 Å². The Morgan fingerprint density at radius 2 is 1.88 bits per heavy atom. The van der Waals surface area contributed by atoms with E-state index >= 15 is 0 Å². The van der Waals surface area contributed by atoms with Gasteiger partial charge in [-0.05, 0) is 52.2 Å². The van der Waals surface area contributed by atoms with Gasteiger partial charge >= 0.3 is 0 Å². The van der Waals surface area contributed by atoms with Crippen LogP contribution in [0.1, 0.15) is 30.8 Å². The van der Waals surface area contributed by atoms with Crippen molar-refractivity contribution in [3.63, 3.8) is 0 Å². The van der Waals surface area contributed by atoms with E-state index in [2.05, 4.69) is 50.5 Å². The highest BCUT2D eigenvalue weighted by molar-refractivity contribution is 9.10. The first-order valence-electron chi connectivity index (χ1n) is 8.16. The van der Waals surface area contributed by atoms with E-state index in [1.807, 2.05) is 36.4 Å². The van der Waals surface area contributed by atoms with Gasteiger partial charge in [0.2, 0.25) is 11.8 Å². The predicted molar refractivity (Wildman–Crippen MR) is 100 cm³/mol. The summed E-state index contributed by atoms with van der Waals surface area (Å²) < 4.78 is 11.9. The van der Waals surface area contributed by atoms with Crippen LogP contribution in [-0.2, 0) is 6.54 Å². The molecule has 3 rings (SSSR count). The maximum Gasteiger partial charge on any atom is 0.248 e. The number of aromatic nitrogens is 2. The van der Waals surface area contributed by atoms with Crippen molar-refractivity contribution < 1.29 is 9.15 Å². The molecule has 3 aromatic rings. The molecule has 6 heteroatoms. The topological polar surface area (TPSA) is 60.2 Å². The quantitative estimate of drug-likeness (QED) is 0.618. The number of nitrogens with one attached hydrogen (secondary N) is 1. The fourth-order valence-electron chi connectivity index (χ4n) is 2.61. The van der Waals surface area contributed by atoms with E-state index in [0.29, 0.717) is 18.3 Å². The van der Waals surface area contributed by atoms with Crippen LogP contribution in [0.5, 0.6) is 5.75 Å². The molecule has 1 N–H and O–H groups in total. The molecule has 0 radical (unpaired) electrons. The van der Waals surface area contributed by atoms with E-state index in [-0.39, 0.29) is 6.04 Å². The summed E-state index contributed by atoms with van der Waals surface area (Å²) in [5.41, 5.74) is 2.09. The van der Waals surface area contributed by atoms with E-state index in [1.54, 1.807) is 7.11 Å². The van der Waals surface area contributed by atoms with Crippen LogP contribution in [-0.4, -0.2) is 17.3 Å². The molecular weight excluding hydrogens is 382 g/mol. The van der Waals surface area contributed by atoms with Crippen molar-refractivity contribution in [3.8, 4) is 17.2 Å². The van der Waals surface area contributed by atoms with E-state index in [1.165, 1.54) is 5.56 Å². The third kappa shape index (κ3) is 4.27. The summed E-state index contributed by atoms with van der Waals surface area (Å²) in [6.07, 6.45) is 0.956. The third-order valence-electron chi connectivity index (χ3n) is 4.00. The van der Waals surface area contributed by atoms with Gasteiger partial charge in [-0.3, -0.25) is 0 Å². The van der Waals surface area contributed by atoms with Crippen molar-refractivity contribution in [1.82, 2.24) is 15.5 Å². The number of benzene rings is 2. The molecule has 0 aliphatic carbocycles. The van der Waals surface area contributed by atoms with Gasteiger partial charge < -0.3 is 14.5 Å². The highest BCUT2D eigenvalue weighted by atomic mass is 79.9. The number of rotatable bonds is 7. The highest BCUT2D eigenvalue weighted by Crippen LogP contribution is 2.27. The van der Waals surface area contributed by atoms with Gasteiger partial charge in [-0.15, -0.1) is 10.2 Å². The van der Waals surface area contributed by atoms with Crippen molar-refractivity contribution in [2.24, 2.45) is 0 Å². The minimum Gasteiger partial charge on any atom is -0.497 e. The maximum atomic E-state index is 5.78. The van der Waals surface area contributed by atoms with Crippen LogP contribution >= 0.6 is 15.9 Å². The normalized spacial score (nSPS) is 12.1. The summed E-state index contributed by atoms with van der Waals surface area (Å²) in [5.74, 6) is 1.94. The molecule has 0 spiro atoms. The summed E-state index contributed by atoms with van der Waals surface area (Å²) in [6.45, 7) is 2.66. The summed E-state index contributed by atoms with van der Waals surface area (Å²) >= 11 is 3.50. The molecular formula is C19H20BrN3O2. The predicted octanol–water partition coefficient (Wildman–Crippen LogP) is 4.75. The number of methoxy groups -OCH3 is 1. The van der Waals surface area contributed by atoms with Gasteiger partial charge in [0.25, 0.3) is 0 Å². The van der Waals surface area contributed by atoms with Gasteiger partial charge in [0, 0.05) is 10.5 Å². The Morgan fingerprint density at radius 3 is 2.56 bits per heavy atom. The first-order valence-corrected chi connectivity index (χ1v) is 8.95.